The Hall–Kier alpha value is -1.61. The Morgan fingerprint density at radius 3 is 2.62 bits per heavy atom. The maximum atomic E-state index is 4.14. The predicted molar refractivity (Wildman–Crippen MR) is 69.2 cm³/mol. The molecule has 0 aliphatic carbocycles. The van der Waals surface area contributed by atoms with E-state index in [1.807, 2.05) is 30.6 Å². The summed E-state index contributed by atoms with van der Waals surface area (Å²) >= 11 is 3.50. The van der Waals surface area contributed by atoms with Gasteiger partial charge in [0.2, 0.25) is 0 Å². The van der Waals surface area contributed by atoms with Gasteiger partial charge in [-0.05, 0) is 27.6 Å². The Labute approximate surface area is 101 Å². The Bertz CT molecular complexity index is 629. The number of benzene rings is 1. The van der Waals surface area contributed by atoms with Crippen LogP contribution in [0.2, 0.25) is 0 Å². The minimum absolute atomic E-state index is 1.02. The molecule has 0 amide bonds. The summed E-state index contributed by atoms with van der Waals surface area (Å²) in [5.74, 6) is 0. The quantitative estimate of drug-likeness (QED) is 0.713. The van der Waals surface area contributed by atoms with Gasteiger partial charge in [-0.15, -0.1) is 0 Å². The monoisotopic (exact) mass is 272 g/mol. The predicted octanol–water partition coefficient (Wildman–Crippen LogP) is 3.99. The maximum absolute atomic E-state index is 4.14. The average Bonchev–Trinajstić information content (AvgIpc) is 2.76. The van der Waals surface area contributed by atoms with Gasteiger partial charge in [0.25, 0.3) is 0 Å². The first kappa shape index (κ1) is 9.60. The van der Waals surface area contributed by atoms with E-state index in [4.69, 9.17) is 0 Å². The number of halogens is 1. The van der Waals surface area contributed by atoms with Crippen molar-refractivity contribution >= 4 is 26.8 Å². The highest BCUT2D eigenvalue weighted by molar-refractivity contribution is 9.10. The van der Waals surface area contributed by atoms with Crippen LogP contribution in [0.5, 0.6) is 0 Å². The summed E-state index contributed by atoms with van der Waals surface area (Å²) in [6.07, 6.45) is 3.65. The van der Waals surface area contributed by atoms with E-state index in [9.17, 15) is 0 Å². The molecule has 0 fully saturated rings. The fourth-order valence-electron chi connectivity index (χ4n) is 1.79. The van der Waals surface area contributed by atoms with Gasteiger partial charge < -0.3 is 4.98 Å². The van der Waals surface area contributed by atoms with Gasteiger partial charge in [0.1, 0.15) is 0 Å². The molecule has 3 aromatic rings. The van der Waals surface area contributed by atoms with E-state index in [-0.39, 0.29) is 0 Å². The number of hydrogen-bond acceptors (Lipinski definition) is 1. The van der Waals surface area contributed by atoms with Crippen LogP contribution in [0.1, 0.15) is 0 Å². The number of rotatable bonds is 1. The lowest BCUT2D eigenvalue weighted by Crippen LogP contribution is -1.75. The first-order chi connectivity index (χ1) is 7.84. The second kappa shape index (κ2) is 3.76. The molecule has 0 saturated heterocycles. The number of aromatic nitrogens is 2. The van der Waals surface area contributed by atoms with Gasteiger partial charge in [0.15, 0.2) is 0 Å². The van der Waals surface area contributed by atoms with Crippen LogP contribution in [0.4, 0.5) is 0 Å². The number of aromatic amines is 1. The smallest absolute Gasteiger partial charge is 0.0656 e. The first-order valence-corrected chi connectivity index (χ1v) is 5.81. The molecule has 1 N–H and O–H groups in total. The number of nitrogens with zero attached hydrogens (tertiary/aromatic N) is 1. The van der Waals surface area contributed by atoms with Gasteiger partial charge in [-0.1, -0.05) is 30.3 Å². The van der Waals surface area contributed by atoms with E-state index in [0.29, 0.717) is 0 Å². The molecule has 3 heteroatoms. The third-order valence-corrected chi connectivity index (χ3v) is 3.21. The van der Waals surface area contributed by atoms with E-state index < -0.39 is 0 Å². The third-order valence-electron chi connectivity index (χ3n) is 2.58. The maximum Gasteiger partial charge on any atom is 0.0656 e. The van der Waals surface area contributed by atoms with Crippen LogP contribution in [0.15, 0.2) is 53.3 Å². The van der Waals surface area contributed by atoms with Gasteiger partial charge >= 0.3 is 0 Å². The van der Waals surface area contributed by atoms with E-state index in [1.54, 1.807) is 0 Å². The second-order valence-electron chi connectivity index (χ2n) is 3.63. The van der Waals surface area contributed by atoms with Gasteiger partial charge in [-0.25, -0.2) is 0 Å². The molecule has 78 valence electrons. The summed E-state index contributed by atoms with van der Waals surface area (Å²) in [5.41, 5.74) is 3.35. The molecule has 2 nitrogen and oxygen atoms in total. The van der Waals surface area contributed by atoms with Crippen LogP contribution in [0, 0.1) is 0 Å². The molecule has 2 aromatic heterocycles. The number of pyridine rings is 1. The number of hydrogen-bond donors (Lipinski definition) is 1. The zero-order valence-corrected chi connectivity index (χ0v) is 10.0. The number of nitrogens with one attached hydrogen (secondary N) is 1. The second-order valence-corrected chi connectivity index (χ2v) is 4.49. The van der Waals surface area contributed by atoms with Crippen LogP contribution in [0.3, 0.4) is 0 Å². The topological polar surface area (TPSA) is 28.7 Å². The Morgan fingerprint density at radius 2 is 1.88 bits per heavy atom. The van der Waals surface area contributed by atoms with Crippen molar-refractivity contribution in [1.82, 2.24) is 9.97 Å². The largest absolute Gasteiger partial charge is 0.353 e. The summed E-state index contributed by atoms with van der Waals surface area (Å²) in [7, 11) is 0. The fraction of sp³-hybridized carbons (Fsp3) is 0. The van der Waals surface area contributed by atoms with Crippen molar-refractivity contribution < 1.29 is 0 Å². The van der Waals surface area contributed by atoms with Crippen molar-refractivity contribution in [2.45, 2.75) is 0 Å². The molecule has 0 aliphatic rings. The molecule has 0 spiro atoms. The van der Waals surface area contributed by atoms with Gasteiger partial charge in [0.05, 0.1) is 11.7 Å². The lowest BCUT2D eigenvalue weighted by atomic mass is 10.1. The average molecular weight is 273 g/mol. The van der Waals surface area contributed by atoms with Crippen molar-refractivity contribution in [3.05, 3.63) is 53.3 Å². The highest BCUT2D eigenvalue weighted by Crippen LogP contribution is 2.28. The Morgan fingerprint density at radius 1 is 1.06 bits per heavy atom. The zero-order valence-electron chi connectivity index (χ0n) is 8.44. The van der Waals surface area contributed by atoms with Gasteiger partial charge in [0, 0.05) is 21.7 Å². The Kier molecular flexibility index (Phi) is 2.26. The molecular weight excluding hydrogens is 264 g/mol. The highest BCUT2D eigenvalue weighted by atomic mass is 79.9. The first-order valence-electron chi connectivity index (χ1n) is 5.02. The zero-order chi connectivity index (χ0) is 11.0. The van der Waals surface area contributed by atoms with Crippen molar-refractivity contribution in [1.29, 1.82) is 0 Å². The molecule has 16 heavy (non-hydrogen) atoms. The van der Waals surface area contributed by atoms with Crippen molar-refractivity contribution in [2.24, 2.45) is 0 Å². The van der Waals surface area contributed by atoms with Gasteiger partial charge in [-0.2, -0.15) is 0 Å². The summed E-state index contributed by atoms with van der Waals surface area (Å²) in [6.45, 7) is 0. The van der Waals surface area contributed by atoms with Crippen LogP contribution in [-0.2, 0) is 0 Å². The summed E-state index contributed by atoms with van der Waals surface area (Å²) in [4.78, 5) is 7.50. The van der Waals surface area contributed by atoms with Crippen LogP contribution < -0.4 is 0 Å². The fourth-order valence-corrected chi connectivity index (χ4v) is 2.24. The van der Waals surface area contributed by atoms with Crippen molar-refractivity contribution in [2.75, 3.05) is 0 Å². The molecule has 0 bridgehead atoms. The highest BCUT2D eigenvalue weighted by Gasteiger charge is 2.05. The molecule has 2 heterocycles. The summed E-state index contributed by atoms with van der Waals surface area (Å²) in [5, 5.41) is 1.16. The molecular formula is C13H9BrN2. The lowest BCUT2D eigenvalue weighted by Gasteiger charge is -1.94. The third kappa shape index (κ3) is 1.53. The normalized spacial score (nSPS) is 10.8. The van der Waals surface area contributed by atoms with Gasteiger partial charge in [-0.3, -0.25) is 4.98 Å². The van der Waals surface area contributed by atoms with E-state index in [2.05, 4.69) is 44.1 Å². The summed E-state index contributed by atoms with van der Waals surface area (Å²) < 4.78 is 1.02. The molecule has 0 atom stereocenters. The molecule has 1 aromatic carbocycles. The Balaban J connectivity index is 2.23. The van der Waals surface area contributed by atoms with Crippen molar-refractivity contribution in [3.63, 3.8) is 0 Å². The lowest BCUT2D eigenvalue weighted by molar-refractivity contribution is 1.33. The van der Waals surface area contributed by atoms with Crippen molar-refractivity contribution in [3.8, 4) is 11.3 Å². The SMILES string of the molecule is Brc1cncc2[nH]c(-c3ccccc3)cc12. The van der Waals surface area contributed by atoms with E-state index in [1.165, 1.54) is 5.56 Å². The van der Waals surface area contributed by atoms with Crippen LogP contribution in [0.25, 0.3) is 22.2 Å². The molecule has 3 rings (SSSR count). The van der Waals surface area contributed by atoms with E-state index >= 15 is 0 Å². The summed E-state index contributed by atoms with van der Waals surface area (Å²) in [6, 6.07) is 12.4. The minimum Gasteiger partial charge on any atom is -0.353 e. The number of fused-ring (bicyclic) bond motifs is 1. The molecule has 0 unspecified atom stereocenters. The standard InChI is InChI=1S/C13H9BrN2/c14-11-7-15-8-13-10(11)6-12(16-13)9-4-2-1-3-5-9/h1-8,16H. The number of H-pyrrole nitrogens is 1. The van der Waals surface area contributed by atoms with Crippen LogP contribution >= 0.6 is 15.9 Å². The molecule has 0 saturated carbocycles. The molecule has 0 aliphatic heterocycles. The van der Waals surface area contributed by atoms with Crippen LogP contribution in [-0.4, -0.2) is 9.97 Å². The van der Waals surface area contributed by atoms with E-state index in [0.717, 1.165) is 21.1 Å². The minimum atomic E-state index is 1.02. The molecule has 0 radical (unpaired) electrons.